The van der Waals surface area contributed by atoms with Crippen molar-refractivity contribution in [3.05, 3.63) is 48.6 Å². The minimum atomic E-state index is -0.776. The molecule has 0 aliphatic heterocycles. The van der Waals surface area contributed by atoms with E-state index in [0.29, 0.717) is 19.3 Å². The van der Waals surface area contributed by atoms with Crippen LogP contribution in [0.5, 0.6) is 0 Å². The second kappa shape index (κ2) is 55.0. The van der Waals surface area contributed by atoms with E-state index in [1.54, 1.807) is 0 Å². The molecule has 6 nitrogen and oxygen atoms in total. The second-order valence-electron chi connectivity index (χ2n) is 19.2. The minimum Gasteiger partial charge on any atom is -0.462 e. The van der Waals surface area contributed by atoms with E-state index >= 15 is 0 Å². The molecule has 0 aromatic heterocycles. The fourth-order valence-electron chi connectivity index (χ4n) is 8.21. The standard InChI is InChI=1S/C60H108O6/c1-4-7-10-13-16-19-21-23-25-27-29-30-31-33-34-36-38-41-44-47-50-53-59(62)65-56-57(55-64-58(61)52-49-46-43-40-18-15-12-9-6-3)66-60(63)54-51-48-45-42-39-37-35-32-28-26-24-22-20-17-14-11-8-5-2/h20-23,26-29,57H,4-19,24-25,30-56H2,1-3H3/b22-20-,23-21-,28-26-,29-27-. The Bertz CT molecular complexity index is 1150. The lowest BCUT2D eigenvalue weighted by molar-refractivity contribution is -0.167. The maximum atomic E-state index is 12.8. The molecular formula is C60H108O6. The third-order valence-corrected chi connectivity index (χ3v) is 12.6. The summed E-state index contributed by atoms with van der Waals surface area (Å²) in [7, 11) is 0. The molecule has 0 saturated heterocycles. The van der Waals surface area contributed by atoms with Gasteiger partial charge in [-0.25, -0.2) is 0 Å². The van der Waals surface area contributed by atoms with Gasteiger partial charge in [0.05, 0.1) is 0 Å². The SMILES string of the molecule is CCCCCC/C=C\C/C=C\CCCCCCCCCC(=O)OC(COC(=O)CCCCCCCCCCC)COC(=O)CCCCCCCCCCC/C=C\C/C=C\CCCCCCC. The van der Waals surface area contributed by atoms with Crippen molar-refractivity contribution in [3.8, 4) is 0 Å². The predicted molar refractivity (Wildman–Crippen MR) is 284 cm³/mol. The van der Waals surface area contributed by atoms with Gasteiger partial charge in [0, 0.05) is 19.3 Å². The van der Waals surface area contributed by atoms with Gasteiger partial charge >= 0.3 is 17.9 Å². The Morgan fingerprint density at radius 1 is 0.303 bits per heavy atom. The summed E-state index contributed by atoms with van der Waals surface area (Å²) < 4.78 is 16.8. The molecule has 0 aliphatic rings. The van der Waals surface area contributed by atoms with E-state index in [9.17, 15) is 14.4 Å². The number of hydrogen-bond donors (Lipinski definition) is 0. The van der Waals surface area contributed by atoms with E-state index < -0.39 is 6.10 Å². The summed E-state index contributed by atoms with van der Waals surface area (Å²) in [5.41, 5.74) is 0. The second-order valence-corrected chi connectivity index (χ2v) is 19.2. The molecule has 0 radical (unpaired) electrons. The molecule has 0 heterocycles. The van der Waals surface area contributed by atoms with Gasteiger partial charge in [0.1, 0.15) is 13.2 Å². The normalized spacial score (nSPS) is 12.3. The highest BCUT2D eigenvalue weighted by Crippen LogP contribution is 2.15. The highest BCUT2D eigenvalue weighted by Gasteiger charge is 2.19. The Labute approximate surface area is 409 Å². The first-order chi connectivity index (χ1) is 32.5. The molecular weight excluding hydrogens is 817 g/mol. The Kier molecular flexibility index (Phi) is 52.8. The quantitative estimate of drug-likeness (QED) is 0.0262. The molecule has 0 rings (SSSR count). The van der Waals surface area contributed by atoms with Crippen LogP contribution in [-0.2, 0) is 28.6 Å². The molecule has 66 heavy (non-hydrogen) atoms. The van der Waals surface area contributed by atoms with Crippen LogP contribution in [0.25, 0.3) is 0 Å². The number of hydrogen-bond acceptors (Lipinski definition) is 6. The van der Waals surface area contributed by atoms with Crippen LogP contribution >= 0.6 is 0 Å². The van der Waals surface area contributed by atoms with Gasteiger partial charge in [0.2, 0.25) is 0 Å². The monoisotopic (exact) mass is 925 g/mol. The van der Waals surface area contributed by atoms with E-state index in [1.165, 1.54) is 180 Å². The van der Waals surface area contributed by atoms with Crippen molar-refractivity contribution in [2.24, 2.45) is 0 Å². The summed E-state index contributed by atoms with van der Waals surface area (Å²) in [6, 6.07) is 0. The third-order valence-electron chi connectivity index (χ3n) is 12.6. The molecule has 0 aromatic rings. The first-order valence-electron chi connectivity index (χ1n) is 28.6. The van der Waals surface area contributed by atoms with Crippen molar-refractivity contribution in [3.63, 3.8) is 0 Å². The van der Waals surface area contributed by atoms with Crippen LogP contribution in [0.3, 0.4) is 0 Å². The highest BCUT2D eigenvalue weighted by atomic mass is 16.6. The van der Waals surface area contributed by atoms with Crippen molar-refractivity contribution in [1.82, 2.24) is 0 Å². The molecule has 0 saturated carbocycles. The van der Waals surface area contributed by atoms with Crippen LogP contribution in [0.1, 0.15) is 297 Å². The zero-order valence-corrected chi connectivity index (χ0v) is 44.0. The molecule has 0 N–H and O–H groups in total. The summed E-state index contributed by atoms with van der Waals surface area (Å²) in [6.45, 7) is 6.61. The van der Waals surface area contributed by atoms with Gasteiger partial charge in [-0.3, -0.25) is 14.4 Å². The van der Waals surface area contributed by atoms with Crippen LogP contribution in [0.4, 0.5) is 0 Å². The molecule has 6 heteroatoms. The lowest BCUT2D eigenvalue weighted by Gasteiger charge is -2.18. The third kappa shape index (κ3) is 52.3. The average molecular weight is 926 g/mol. The molecule has 384 valence electrons. The number of esters is 3. The average Bonchev–Trinajstić information content (AvgIpc) is 3.31. The molecule has 0 aromatic carbocycles. The number of rotatable bonds is 52. The molecule has 0 bridgehead atoms. The topological polar surface area (TPSA) is 78.9 Å². The summed E-state index contributed by atoms with van der Waals surface area (Å²) in [6.07, 6.45) is 66.8. The zero-order chi connectivity index (χ0) is 47.9. The number of unbranched alkanes of at least 4 members (excludes halogenated alkanes) is 33. The number of ether oxygens (including phenoxy) is 3. The van der Waals surface area contributed by atoms with Crippen molar-refractivity contribution in [2.45, 2.75) is 303 Å². The molecule has 1 unspecified atom stereocenters. The fourth-order valence-corrected chi connectivity index (χ4v) is 8.21. The smallest absolute Gasteiger partial charge is 0.306 e. The first kappa shape index (κ1) is 63.4. The zero-order valence-electron chi connectivity index (χ0n) is 44.0. The molecule has 0 fully saturated rings. The molecule has 1 atom stereocenters. The van der Waals surface area contributed by atoms with Gasteiger partial charge in [0.15, 0.2) is 6.10 Å². The molecule has 0 aliphatic carbocycles. The lowest BCUT2D eigenvalue weighted by Crippen LogP contribution is -2.30. The minimum absolute atomic E-state index is 0.0754. The number of carbonyl (C=O) groups excluding carboxylic acids is 3. The maximum absolute atomic E-state index is 12.8. The van der Waals surface area contributed by atoms with Gasteiger partial charge < -0.3 is 14.2 Å². The van der Waals surface area contributed by atoms with Gasteiger partial charge in [-0.15, -0.1) is 0 Å². The Hall–Kier alpha value is -2.63. The number of carbonyl (C=O) groups is 3. The first-order valence-corrected chi connectivity index (χ1v) is 28.6. The van der Waals surface area contributed by atoms with Gasteiger partial charge in [-0.05, 0) is 83.5 Å². The van der Waals surface area contributed by atoms with E-state index in [-0.39, 0.29) is 31.1 Å². The van der Waals surface area contributed by atoms with Crippen molar-refractivity contribution < 1.29 is 28.6 Å². The van der Waals surface area contributed by atoms with Crippen molar-refractivity contribution in [2.75, 3.05) is 13.2 Å². The summed E-state index contributed by atoms with van der Waals surface area (Å²) in [5, 5.41) is 0. The highest BCUT2D eigenvalue weighted by molar-refractivity contribution is 5.71. The van der Waals surface area contributed by atoms with Crippen LogP contribution in [-0.4, -0.2) is 37.2 Å². The maximum Gasteiger partial charge on any atom is 0.306 e. The van der Waals surface area contributed by atoms with Gasteiger partial charge in [-0.1, -0.05) is 243 Å². The van der Waals surface area contributed by atoms with Crippen LogP contribution < -0.4 is 0 Å². The van der Waals surface area contributed by atoms with Crippen LogP contribution in [0, 0.1) is 0 Å². The van der Waals surface area contributed by atoms with Crippen LogP contribution in [0.2, 0.25) is 0 Å². The largest absolute Gasteiger partial charge is 0.462 e. The van der Waals surface area contributed by atoms with Crippen LogP contribution in [0.15, 0.2) is 48.6 Å². The Morgan fingerprint density at radius 2 is 0.545 bits per heavy atom. The molecule has 0 amide bonds. The van der Waals surface area contributed by atoms with E-state index in [1.807, 2.05) is 0 Å². The van der Waals surface area contributed by atoms with E-state index in [0.717, 1.165) is 77.0 Å². The van der Waals surface area contributed by atoms with E-state index in [4.69, 9.17) is 14.2 Å². The molecule has 0 spiro atoms. The van der Waals surface area contributed by atoms with Gasteiger partial charge in [-0.2, -0.15) is 0 Å². The Morgan fingerprint density at radius 3 is 0.848 bits per heavy atom. The van der Waals surface area contributed by atoms with Gasteiger partial charge in [0.25, 0.3) is 0 Å². The summed E-state index contributed by atoms with van der Waals surface area (Å²) in [5.74, 6) is -0.878. The number of allylic oxidation sites excluding steroid dienone is 8. The lowest BCUT2D eigenvalue weighted by atomic mass is 10.1. The fraction of sp³-hybridized carbons (Fsp3) is 0.817. The summed E-state index contributed by atoms with van der Waals surface area (Å²) >= 11 is 0. The summed E-state index contributed by atoms with van der Waals surface area (Å²) in [4.78, 5) is 38.0. The van der Waals surface area contributed by atoms with Crippen molar-refractivity contribution >= 4 is 17.9 Å². The predicted octanol–water partition coefficient (Wildman–Crippen LogP) is 19.0. The van der Waals surface area contributed by atoms with Crippen molar-refractivity contribution in [1.29, 1.82) is 0 Å². The Balaban J connectivity index is 4.27. The van der Waals surface area contributed by atoms with E-state index in [2.05, 4.69) is 69.4 Å².